The lowest BCUT2D eigenvalue weighted by Crippen LogP contribution is -2.40. The van der Waals surface area contributed by atoms with Gasteiger partial charge in [-0.1, -0.05) is 0 Å². The lowest BCUT2D eigenvalue weighted by molar-refractivity contribution is -0.137. The van der Waals surface area contributed by atoms with Crippen LogP contribution in [-0.4, -0.2) is 36.2 Å². The number of hydrogen-bond acceptors (Lipinski definition) is 4. The molecule has 2 aromatic carbocycles. The topological polar surface area (TPSA) is 42.0 Å². The fourth-order valence-corrected chi connectivity index (χ4v) is 4.13. The summed E-state index contributed by atoms with van der Waals surface area (Å²) in [5.41, 5.74) is 1.46. The van der Waals surface area contributed by atoms with Gasteiger partial charge in [-0.2, -0.15) is 13.2 Å². The molecule has 0 unspecified atom stereocenters. The van der Waals surface area contributed by atoms with E-state index in [0.717, 1.165) is 23.3 Å². The maximum atomic E-state index is 13.0. The van der Waals surface area contributed by atoms with Gasteiger partial charge in [0.25, 0.3) is 5.91 Å². The SMILES string of the molecule is COc1cc2c(cc1OC)CN1C(=S)N(c3ccc(C(F)(F)F)cc3)C(=O)[C@H]1C2. The van der Waals surface area contributed by atoms with Crippen LogP contribution in [0.4, 0.5) is 18.9 Å². The van der Waals surface area contributed by atoms with E-state index in [1.807, 2.05) is 12.1 Å². The lowest BCUT2D eigenvalue weighted by Gasteiger charge is -2.31. The van der Waals surface area contributed by atoms with E-state index in [4.69, 9.17) is 21.7 Å². The summed E-state index contributed by atoms with van der Waals surface area (Å²) in [4.78, 5) is 16.1. The zero-order valence-corrected chi connectivity index (χ0v) is 16.4. The summed E-state index contributed by atoms with van der Waals surface area (Å²) in [5.74, 6) is 0.906. The Morgan fingerprint density at radius 2 is 1.62 bits per heavy atom. The molecule has 0 radical (unpaired) electrons. The van der Waals surface area contributed by atoms with Crippen molar-refractivity contribution >= 4 is 28.9 Å². The fourth-order valence-electron chi connectivity index (χ4n) is 3.74. The molecule has 2 aliphatic rings. The van der Waals surface area contributed by atoms with Crippen molar-refractivity contribution in [3.8, 4) is 11.5 Å². The largest absolute Gasteiger partial charge is 0.493 e. The monoisotopic (exact) mass is 422 g/mol. The standard InChI is InChI=1S/C20H17F3N2O3S/c1-27-16-8-11-7-15-18(26)25(14-5-3-13(4-6-14)20(21,22)23)19(29)24(15)10-12(11)9-17(16)28-2/h3-6,8-9,15H,7,10H2,1-2H3/t15-/m1/s1. The van der Waals surface area contributed by atoms with Crippen LogP contribution in [0.15, 0.2) is 36.4 Å². The predicted molar refractivity (Wildman–Crippen MR) is 104 cm³/mol. The molecule has 0 saturated carbocycles. The second kappa shape index (κ2) is 6.91. The van der Waals surface area contributed by atoms with Crippen molar-refractivity contribution in [2.45, 2.75) is 25.2 Å². The van der Waals surface area contributed by atoms with E-state index in [-0.39, 0.29) is 11.0 Å². The van der Waals surface area contributed by atoms with Crippen LogP contribution in [-0.2, 0) is 23.9 Å². The molecule has 0 N–H and O–H groups in total. The summed E-state index contributed by atoms with van der Waals surface area (Å²) in [6.45, 7) is 0.405. The number of amides is 1. The Kier molecular flexibility index (Phi) is 4.65. The molecule has 2 aliphatic heterocycles. The van der Waals surface area contributed by atoms with Gasteiger partial charge in [0.1, 0.15) is 6.04 Å². The molecule has 0 bridgehead atoms. The number of halogens is 3. The number of anilines is 1. The van der Waals surface area contributed by atoms with Crippen molar-refractivity contribution in [1.29, 1.82) is 0 Å². The first-order valence-electron chi connectivity index (χ1n) is 8.80. The van der Waals surface area contributed by atoms with E-state index in [1.54, 1.807) is 19.1 Å². The lowest BCUT2D eigenvalue weighted by atomic mass is 9.94. The number of methoxy groups -OCH3 is 2. The quantitative estimate of drug-likeness (QED) is 0.705. The molecule has 1 atom stereocenters. The molecule has 0 aliphatic carbocycles. The minimum Gasteiger partial charge on any atom is -0.493 e. The van der Waals surface area contributed by atoms with Gasteiger partial charge in [0.15, 0.2) is 16.6 Å². The van der Waals surface area contributed by atoms with Crippen molar-refractivity contribution in [2.24, 2.45) is 0 Å². The van der Waals surface area contributed by atoms with Gasteiger partial charge < -0.3 is 14.4 Å². The molecule has 0 spiro atoms. The summed E-state index contributed by atoms with van der Waals surface area (Å²) in [6, 6.07) is 7.64. The Morgan fingerprint density at radius 1 is 1.03 bits per heavy atom. The Bertz CT molecular complexity index is 941. The Balaban J connectivity index is 1.65. The van der Waals surface area contributed by atoms with Crippen LogP contribution < -0.4 is 14.4 Å². The first kappa shape index (κ1) is 19.5. The summed E-state index contributed by atoms with van der Waals surface area (Å²) in [6.07, 6.45) is -4.02. The van der Waals surface area contributed by atoms with Gasteiger partial charge in [-0.3, -0.25) is 9.69 Å². The molecule has 5 nitrogen and oxygen atoms in total. The van der Waals surface area contributed by atoms with Gasteiger partial charge in [0.05, 0.1) is 25.5 Å². The van der Waals surface area contributed by atoms with Crippen molar-refractivity contribution in [3.05, 3.63) is 53.1 Å². The molecule has 9 heteroatoms. The van der Waals surface area contributed by atoms with Crippen LogP contribution in [0.25, 0.3) is 0 Å². The minimum absolute atomic E-state index is 0.254. The zero-order chi connectivity index (χ0) is 20.9. The van der Waals surface area contributed by atoms with E-state index < -0.39 is 17.8 Å². The fraction of sp³-hybridized carbons (Fsp3) is 0.300. The third kappa shape index (κ3) is 3.19. The Morgan fingerprint density at radius 3 is 2.17 bits per heavy atom. The van der Waals surface area contributed by atoms with E-state index in [1.165, 1.54) is 17.0 Å². The van der Waals surface area contributed by atoms with Crippen LogP contribution in [0.1, 0.15) is 16.7 Å². The number of benzene rings is 2. The number of carbonyl (C=O) groups is 1. The third-order valence-electron chi connectivity index (χ3n) is 5.23. The average molecular weight is 422 g/mol. The number of hydrogen-bond donors (Lipinski definition) is 0. The van der Waals surface area contributed by atoms with Crippen molar-refractivity contribution in [3.63, 3.8) is 0 Å². The predicted octanol–water partition coefficient (Wildman–Crippen LogP) is 3.78. The molecule has 4 rings (SSSR count). The van der Waals surface area contributed by atoms with E-state index in [2.05, 4.69) is 0 Å². The van der Waals surface area contributed by atoms with Crippen LogP contribution in [0.5, 0.6) is 11.5 Å². The summed E-state index contributed by atoms with van der Waals surface area (Å²) in [7, 11) is 3.09. The molecule has 2 aromatic rings. The number of carbonyl (C=O) groups excluding carboxylic acids is 1. The average Bonchev–Trinajstić information content (AvgIpc) is 2.94. The van der Waals surface area contributed by atoms with Crippen LogP contribution >= 0.6 is 12.2 Å². The summed E-state index contributed by atoms with van der Waals surface area (Å²) in [5, 5.41) is 0.278. The van der Waals surface area contributed by atoms with Gasteiger partial charge in [0.2, 0.25) is 0 Å². The third-order valence-corrected chi connectivity index (χ3v) is 5.65. The summed E-state index contributed by atoms with van der Waals surface area (Å²) >= 11 is 5.50. The highest BCUT2D eigenvalue weighted by Crippen LogP contribution is 2.38. The Labute approximate surface area is 170 Å². The number of nitrogens with zero attached hydrogens (tertiary/aromatic N) is 2. The highest BCUT2D eigenvalue weighted by atomic mass is 32.1. The zero-order valence-electron chi connectivity index (χ0n) is 15.6. The number of alkyl halides is 3. The van der Waals surface area contributed by atoms with Crippen LogP contribution in [0, 0.1) is 0 Å². The van der Waals surface area contributed by atoms with Crippen molar-refractivity contribution in [2.75, 3.05) is 19.1 Å². The van der Waals surface area contributed by atoms with Gasteiger partial charge in [-0.25, -0.2) is 0 Å². The van der Waals surface area contributed by atoms with Crippen LogP contribution in [0.2, 0.25) is 0 Å². The number of rotatable bonds is 3. The van der Waals surface area contributed by atoms with E-state index in [0.29, 0.717) is 30.2 Å². The van der Waals surface area contributed by atoms with Crippen molar-refractivity contribution < 1.29 is 27.4 Å². The van der Waals surface area contributed by atoms with Gasteiger partial charge in [-0.05, 0) is 59.7 Å². The Hall–Kier alpha value is -2.81. The van der Waals surface area contributed by atoms with Gasteiger partial charge in [0, 0.05) is 13.0 Å². The molecule has 1 fully saturated rings. The van der Waals surface area contributed by atoms with Crippen LogP contribution in [0.3, 0.4) is 0 Å². The summed E-state index contributed by atoms with van der Waals surface area (Å²) < 4.78 is 49.2. The second-order valence-electron chi connectivity index (χ2n) is 6.82. The molecule has 152 valence electrons. The van der Waals surface area contributed by atoms with E-state index >= 15 is 0 Å². The molecular formula is C20H17F3N2O3S. The highest BCUT2D eigenvalue weighted by molar-refractivity contribution is 7.80. The smallest absolute Gasteiger partial charge is 0.416 e. The van der Waals surface area contributed by atoms with E-state index in [9.17, 15) is 18.0 Å². The maximum Gasteiger partial charge on any atom is 0.416 e. The van der Waals surface area contributed by atoms with Gasteiger partial charge >= 0.3 is 6.18 Å². The van der Waals surface area contributed by atoms with Crippen molar-refractivity contribution in [1.82, 2.24) is 4.90 Å². The molecule has 2 heterocycles. The molecule has 1 saturated heterocycles. The number of thiocarbonyl (C=S) groups is 1. The number of ether oxygens (including phenoxy) is 2. The molecule has 29 heavy (non-hydrogen) atoms. The molecule has 0 aromatic heterocycles. The highest BCUT2D eigenvalue weighted by Gasteiger charge is 2.45. The first-order valence-corrected chi connectivity index (χ1v) is 9.21. The first-order chi connectivity index (χ1) is 13.7. The molecule has 1 amide bonds. The maximum absolute atomic E-state index is 13.0. The minimum atomic E-state index is -4.44. The second-order valence-corrected chi connectivity index (χ2v) is 7.19. The number of fused-ring (bicyclic) bond motifs is 2. The molecular weight excluding hydrogens is 405 g/mol. The van der Waals surface area contributed by atoms with Gasteiger partial charge in [-0.15, -0.1) is 0 Å². The normalized spacial score (nSPS) is 18.6.